The molecule has 6 heteroatoms. The van der Waals surface area contributed by atoms with E-state index < -0.39 is 5.60 Å². The van der Waals surface area contributed by atoms with Crippen molar-refractivity contribution in [2.75, 3.05) is 13.6 Å². The minimum atomic E-state index is -0.532. The largest absolute Gasteiger partial charge is 0.444 e. The topological polar surface area (TPSA) is 58.0 Å². The third kappa shape index (κ3) is 5.62. The summed E-state index contributed by atoms with van der Waals surface area (Å²) >= 11 is 0. The van der Waals surface area contributed by atoms with Gasteiger partial charge in [-0.2, -0.15) is 0 Å². The number of fused-ring (bicyclic) bond motifs is 1. The van der Waals surface area contributed by atoms with E-state index in [2.05, 4.69) is 40.8 Å². The first kappa shape index (κ1) is 23.2. The van der Waals surface area contributed by atoms with Gasteiger partial charge in [0.2, 0.25) is 0 Å². The van der Waals surface area contributed by atoms with Crippen LogP contribution >= 0.6 is 0 Å². The lowest BCUT2D eigenvalue weighted by atomic mass is 9.90. The van der Waals surface area contributed by atoms with Gasteiger partial charge in [-0.25, -0.2) is 4.79 Å². The molecule has 2 heterocycles. The fourth-order valence-electron chi connectivity index (χ4n) is 4.57. The molecule has 0 saturated heterocycles. The molecule has 0 spiro atoms. The maximum Gasteiger partial charge on any atom is 0.410 e. The molecule has 1 amide bonds. The fourth-order valence-corrected chi connectivity index (χ4v) is 4.57. The highest BCUT2D eigenvalue weighted by atomic mass is 16.6. The average molecular weight is 425 g/mol. The number of hydrogen-bond donors (Lipinski definition) is 0. The molecule has 2 aliphatic rings. The Balaban J connectivity index is 1.85. The van der Waals surface area contributed by atoms with E-state index in [0.29, 0.717) is 6.54 Å². The first-order chi connectivity index (χ1) is 14.7. The van der Waals surface area contributed by atoms with E-state index in [9.17, 15) is 4.79 Å². The lowest BCUT2D eigenvalue weighted by Gasteiger charge is -2.41. The number of aliphatic imine (C=N–C) groups is 1. The molecule has 0 aromatic carbocycles. The van der Waals surface area contributed by atoms with E-state index >= 15 is 0 Å². The van der Waals surface area contributed by atoms with Crippen molar-refractivity contribution in [3.63, 3.8) is 0 Å². The minimum Gasteiger partial charge on any atom is -0.444 e. The monoisotopic (exact) mass is 424 g/mol. The number of rotatable bonds is 5. The van der Waals surface area contributed by atoms with E-state index in [1.54, 1.807) is 0 Å². The van der Waals surface area contributed by atoms with Gasteiger partial charge in [0.1, 0.15) is 5.60 Å². The number of pyridine rings is 1. The van der Waals surface area contributed by atoms with E-state index in [-0.39, 0.29) is 18.2 Å². The zero-order valence-electron chi connectivity index (χ0n) is 19.6. The number of carbonyl (C=O) groups is 1. The predicted molar refractivity (Wildman–Crippen MR) is 125 cm³/mol. The number of carbonyl (C=O) groups excluding carboxylic acids is 1. The van der Waals surface area contributed by atoms with Gasteiger partial charge >= 0.3 is 6.09 Å². The molecule has 1 unspecified atom stereocenters. The van der Waals surface area contributed by atoms with Crippen molar-refractivity contribution < 1.29 is 9.53 Å². The Morgan fingerprint density at radius 1 is 1.45 bits per heavy atom. The summed E-state index contributed by atoms with van der Waals surface area (Å²) in [5.74, 6) is 0. The van der Waals surface area contributed by atoms with Crippen molar-refractivity contribution in [3.05, 3.63) is 53.0 Å². The highest BCUT2D eigenvalue weighted by Gasteiger charge is 2.36. The average Bonchev–Trinajstić information content (AvgIpc) is 2.72. The van der Waals surface area contributed by atoms with Crippen LogP contribution in [0.15, 0.2) is 46.7 Å². The SMILES string of the molecule is C=NC1=C(/C=C\C)CCC[C@@H]1N(C)CC1Cc2ncccc2CN1C(=O)OC(C)(C)C. The van der Waals surface area contributed by atoms with Gasteiger partial charge < -0.3 is 4.74 Å². The Bertz CT molecular complexity index is 869. The Kier molecular flexibility index (Phi) is 7.31. The van der Waals surface area contributed by atoms with Gasteiger partial charge in [-0.1, -0.05) is 18.2 Å². The minimum absolute atomic E-state index is 0.0135. The highest BCUT2D eigenvalue weighted by Crippen LogP contribution is 2.31. The second-order valence-electron chi connectivity index (χ2n) is 9.49. The number of allylic oxidation sites excluding steroid dienone is 3. The van der Waals surface area contributed by atoms with Gasteiger partial charge in [-0.05, 0) is 77.9 Å². The second kappa shape index (κ2) is 9.77. The van der Waals surface area contributed by atoms with Crippen LogP contribution in [-0.4, -0.2) is 58.9 Å². The third-order valence-corrected chi connectivity index (χ3v) is 5.96. The van der Waals surface area contributed by atoms with Gasteiger partial charge in [0.25, 0.3) is 0 Å². The summed E-state index contributed by atoms with van der Waals surface area (Å²) in [6.07, 6.45) is 9.70. The zero-order chi connectivity index (χ0) is 22.6. The predicted octanol–water partition coefficient (Wildman–Crippen LogP) is 4.76. The number of nitrogens with zero attached hydrogens (tertiary/aromatic N) is 4. The second-order valence-corrected chi connectivity index (χ2v) is 9.49. The fraction of sp³-hybridized carbons (Fsp3) is 0.560. The zero-order valence-corrected chi connectivity index (χ0v) is 19.6. The summed E-state index contributed by atoms with van der Waals surface area (Å²) in [6, 6.07) is 4.16. The standard InChI is InChI=1S/C25H36N4O2/c1-7-10-18-11-8-13-22(23(18)26-5)28(6)17-20-15-21-19(12-9-14-27-21)16-29(20)24(30)31-25(2,3)4/h7,9-10,12,14,20,22H,5,8,11,13,15-17H2,1-4,6H3/b10-7-/t20?,22-/m0/s1. The molecule has 1 aliphatic carbocycles. The lowest BCUT2D eigenvalue weighted by Crippen LogP contribution is -2.52. The van der Waals surface area contributed by atoms with E-state index in [1.165, 1.54) is 5.57 Å². The van der Waals surface area contributed by atoms with Crippen LogP contribution in [0.2, 0.25) is 0 Å². The maximum atomic E-state index is 13.1. The Labute approximate surface area is 186 Å². The summed E-state index contributed by atoms with van der Waals surface area (Å²) in [6.45, 7) is 12.8. The molecular weight excluding hydrogens is 388 g/mol. The van der Waals surface area contributed by atoms with Gasteiger partial charge in [0.05, 0.1) is 24.3 Å². The third-order valence-electron chi connectivity index (χ3n) is 5.96. The normalized spacial score (nSPS) is 22.1. The molecule has 0 bridgehead atoms. The molecule has 168 valence electrons. The van der Waals surface area contributed by atoms with Crippen molar-refractivity contribution >= 4 is 12.8 Å². The molecule has 31 heavy (non-hydrogen) atoms. The van der Waals surface area contributed by atoms with Crippen LogP contribution in [0.3, 0.4) is 0 Å². The quantitative estimate of drug-likeness (QED) is 0.640. The lowest BCUT2D eigenvalue weighted by molar-refractivity contribution is 0.00699. The Morgan fingerprint density at radius 2 is 2.23 bits per heavy atom. The van der Waals surface area contributed by atoms with Crippen LogP contribution in [0.25, 0.3) is 0 Å². The molecule has 0 N–H and O–H groups in total. The van der Waals surface area contributed by atoms with Crippen LogP contribution < -0.4 is 0 Å². The van der Waals surface area contributed by atoms with Crippen molar-refractivity contribution in [2.24, 2.45) is 4.99 Å². The van der Waals surface area contributed by atoms with E-state index in [0.717, 1.165) is 49.2 Å². The first-order valence-corrected chi connectivity index (χ1v) is 11.2. The number of likely N-dealkylation sites (N-methyl/N-ethyl adjacent to an activating group) is 1. The summed E-state index contributed by atoms with van der Waals surface area (Å²) in [4.78, 5) is 26.2. The van der Waals surface area contributed by atoms with Crippen LogP contribution in [0.1, 0.15) is 58.2 Å². The van der Waals surface area contributed by atoms with Gasteiger partial charge in [0.15, 0.2) is 0 Å². The molecule has 2 atom stereocenters. The molecule has 3 rings (SSSR count). The molecule has 0 radical (unpaired) electrons. The number of ether oxygens (including phenoxy) is 1. The summed E-state index contributed by atoms with van der Waals surface area (Å²) in [5.41, 5.74) is 3.95. The van der Waals surface area contributed by atoms with Crippen molar-refractivity contribution in [3.8, 4) is 0 Å². The smallest absolute Gasteiger partial charge is 0.410 e. The molecule has 1 aromatic rings. The van der Waals surface area contributed by atoms with Gasteiger partial charge in [-0.15, -0.1) is 0 Å². The van der Waals surface area contributed by atoms with Crippen LogP contribution in [-0.2, 0) is 17.7 Å². The maximum absolute atomic E-state index is 13.1. The van der Waals surface area contributed by atoms with E-state index in [4.69, 9.17) is 4.74 Å². The van der Waals surface area contributed by atoms with Crippen molar-refractivity contribution in [1.82, 2.24) is 14.8 Å². The first-order valence-electron chi connectivity index (χ1n) is 11.2. The summed E-state index contributed by atoms with van der Waals surface area (Å²) in [5, 5.41) is 0. The van der Waals surface area contributed by atoms with Crippen LogP contribution in [0.4, 0.5) is 4.79 Å². The van der Waals surface area contributed by atoms with Gasteiger partial charge in [0, 0.05) is 24.9 Å². The Morgan fingerprint density at radius 3 is 2.90 bits per heavy atom. The number of amides is 1. The number of aromatic nitrogens is 1. The molecule has 0 saturated carbocycles. The van der Waals surface area contributed by atoms with Crippen LogP contribution in [0, 0.1) is 0 Å². The molecule has 0 fully saturated rings. The summed E-state index contributed by atoms with van der Waals surface area (Å²) in [7, 11) is 2.12. The van der Waals surface area contributed by atoms with Gasteiger partial charge in [-0.3, -0.25) is 19.8 Å². The van der Waals surface area contributed by atoms with E-state index in [1.807, 2.05) is 50.9 Å². The molecule has 1 aromatic heterocycles. The highest BCUT2D eigenvalue weighted by molar-refractivity contribution is 5.69. The summed E-state index contributed by atoms with van der Waals surface area (Å²) < 4.78 is 5.74. The number of hydrogen-bond acceptors (Lipinski definition) is 5. The molecule has 1 aliphatic heterocycles. The molecular formula is C25H36N4O2. The van der Waals surface area contributed by atoms with Crippen molar-refractivity contribution in [2.45, 2.75) is 77.6 Å². The van der Waals surface area contributed by atoms with Crippen LogP contribution in [0.5, 0.6) is 0 Å². The molecule has 6 nitrogen and oxygen atoms in total. The van der Waals surface area contributed by atoms with Crippen molar-refractivity contribution in [1.29, 1.82) is 0 Å². The Hall–Kier alpha value is -2.47.